The summed E-state index contributed by atoms with van der Waals surface area (Å²) < 4.78 is 1.71. The van der Waals surface area contributed by atoms with Gasteiger partial charge in [0.25, 0.3) is 0 Å². The van der Waals surface area contributed by atoms with Gasteiger partial charge < -0.3 is 15.5 Å². The molecule has 2 N–H and O–H groups in total. The molecule has 1 atom stereocenters. The van der Waals surface area contributed by atoms with E-state index in [0.29, 0.717) is 18.9 Å². The van der Waals surface area contributed by atoms with Gasteiger partial charge in [0.2, 0.25) is 5.91 Å². The van der Waals surface area contributed by atoms with Gasteiger partial charge in [0.1, 0.15) is 12.7 Å². The fourth-order valence-electron chi connectivity index (χ4n) is 3.46. The van der Waals surface area contributed by atoms with Crippen LogP contribution in [-0.2, 0) is 11.3 Å². The van der Waals surface area contributed by atoms with Crippen LogP contribution in [0, 0.1) is 5.92 Å². The number of rotatable bonds is 7. The molecule has 0 spiro atoms. The van der Waals surface area contributed by atoms with Crippen LogP contribution in [0.2, 0.25) is 0 Å². The van der Waals surface area contributed by atoms with E-state index in [1.807, 2.05) is 42.2 Å². The topological polar surface area (TPSA) is 92.2 Å². The van der Waals surface area contributed by atoms with Crippen LogP contribution >= 0.6 is 0 Å². The monoisotopic (exact) mass is 384 g/mol. The number of hydrogen-bond acceptors (Lipinski definition) is 4. The molecule has 0 saturated carbocycles. The highest BCUT2D eigenvalue weighted by atomic mass is 16.2. The van der Waals surface area contributed by atoms with Crippen molar-refractivity contribution in [1.82, 2.24) is 25.0 Å². The standard InChI is InChI=1S/C20H28N6O2/c1-16(13-26-15-21-14-22-26)23-20(28)25-11-9-17(10-12-25)7-8-19(27)24-18-5-3-2-4-6-18/h2-6,14-17H,7-13H2,1H3,(H,23,28)(H,24,27)/t16-/m1/s1. The van der Waals surface area contributed by atoms with Gasteiger partial charge in [0.15, 0.2) is 0 Å². The molecule has 2 heterocycles. The molecular weight excluding hydrogens is 356 g/mol. The van der Waals surface area contributed by atoms with E-state index in [-0.39, 0.29) is 18.0 Å². The molecule has 0 radical (unpaired) electrons. The van der Waals surface area contributed by atoms with E-state index in [0.717, 1.165) is 38.0 Å². The zero-order valence-electron chi connectivity index (χ0n) is 16.3. The Morgan fingerprint density at radius 2 is 1.96 bits per heavy atom. The Morgan fingerprint density at radius 1 is 1.21 bits per heavy atom. The van der Waals surface area contributed by atoms with Gasteiger partial charge in [-0.3, -0.25) is 9.48 Å². The van der Waals surface area contributed by atoms with Gasteiger partial charge in [0.05, 0.1) is 6.54 Å². The minimum absolute atomic E-state index is 0.0198. The molecule has 3 amide bonds. The summed E-state index contributed by atoms with van der Waals surface area (Å²) in [6.07, 6.45) is 6.37. The Balaban J connectivity index is 1.33. The third kappa shape index (κ3) is 6.07. The third-order valence-corrected chi connectivity index (χ3v) is 5.04. The maximum atomic E-state index is 12.4. The largest absolute Gasteiger partial charge is 0.334 e. The maximum absolute atomic E-state index is 12.4. The first-order valence-electron chi connectivity index (χ1n) is 9.83. The average Bonchev–Trinajstić information content (AvgIpc) is 3.20. The molecule has 0 bridgehead atoms. The first-order valence-corrected chi connectivity index (χ1v) is 9.83. The lowest BCUT2D eigenvalue weighted by Gasteiger charge is -2.32. The van der Waals surface area contributed by atoms with Gasteiger partial charge >= 0.3 is 6.03 Å². The van der Waals surface area contributed by atoms with Crippen LogP contribution in [0.5, 0.6) is 0 Å². The fraction of sp³-hybridized carbons (Fsp3) is 0.500. The Kier molecular flexibility index (Phi) is 7.00. The summed E-state index contributed by atoms with van der Waals surface area (Å²) in [6.45, 7) is 4.01. The summed E-state index contributed by atoms with van der Waals surface area (Å²) in [6, 6.07) is 9.46. The number of carbonyl (C=O) groups excluding carboxylic acids is 2. The molecule has 0 aliphatic carbocycles. The van der Waals surface area contributed by atoms with Crippen LogP contribution < -0.4 is 10.6 Å². The van der Waals surface area contributed by atoms with Crippen molar-refractivity contribution in [2.45, 2.75) is 45.2 Å². The SMILES string of the molecule is C[C@H](Cn1cncn1)NC(=O)N1CCC(CCC(=O)Nc2ccccc2)CC1. The highest BCUT2D eigenvalue weighted by molar-refractivity contribution is 5.90. The van der Waals surface area contributed by atoms with Gasteiger partial charge in [-0.1, -0.05) is 18.2 Å². The fourth-order valence-corrected chi connectivity index (χ4v) is 3.46. The van der Waals surface area contributed by atoms with Crippen LogP contribution in [0.4, 0.5) is 10.5 Å². The molecule has 8 heteroatoms. The number of para-hydroxylation sites is 1. The number of anilines is 1. The van der Waals surface area contributed by atoms with Crippen molar-refractivity contribution in [3.63, 3.8) is 0 Å². The second-order valence-electron chi connectivity index (χ2n) is 7.35. The quantitative estimate of drug-likeness (QED) is 0.767. The minimum atomic E-state index is -0.0344. The van der Waals surface area contributed by atoms with Crippen LogP contribution in [-0.4, -0.2) is 50.7 Å². The first kappa shape index (κ1) is 19.9. The number of amides is 3. The van der Waals surface area contributed by atoms with Gasteiger partial charge in [-0.05, 0) is 44.2 Å². The molecule has 2 aromatic rings. The van der Waals surface area contributed by atoms with Crippen LogP contribution in [0.3, 0.4) is 0 Å². The van der Waals surface area contributed by atoms with E-state index in [9.17, 15) is 9.59 Å². The molecule has 0 unspecified atom stereocenters. The highest BCUT2D eigenvalue weighted by Crippen LogP contribution is 2.22. The van der Waals surface area contributed by atoms with Crippen molar-refractivity contribution in [2.75, 3.05) is 18.4 Å². The summed E-state index contributed by atoms with van der Waals surface area (Å²) in [5, 5.41) is 9.99. The predicted molar refractivity (Wildman–Crippen MR) is 107 cm³/mol. The molecule has 8 nitrogen and oxygen atoms in total. The van der Waals surface area contributed by atoms with Crippen LogP contribution in [0.1, 0.15) is 32.6 Å². The van der Waals surface area contributed by atoms with Crippen molar-refractivity contribution in [2.24, 2.45) is 5.92 Å². The molecule has 1 saturated heterocycles. The third-order valence-electron chi connectivity index (χ3n) is 5.04. The number of piperidine rings is 1. The summed E-state index contributed by atoms with van der Waals surface area (Å²) in [5.74, 6) is 0.534. The zero-order valence-corrected chi connectivity index (χ0v) is 16.3. The molecule has 1 aliphatic heterocycles. The predicted octanol–water partition coefficient (Wildman–Crippen LogP) is 2.51. The van der Waals surface area contributed by atoms with E-state index in [2.05, 4.69) is 20.7 Å². The number of likely N-dealkylation sites (tertiary alicyclic amines) is 1. The van der Waals surface area contributed by atoms with Gasteiger partial charge in [0, 0.05) is 31.2 Å². The van der Waals surface area contributed by atoms with Gasteiger partial charge in [-0.2, -0.15) is 5.10 Å². The number of nitrogens with zero attached hydrogens (tertiary/aromatic N) is 4. The van der Waals surface area contributed by atoms with Crippen molar-refractivity contribution < 1.29 is 9.59 Å². The summed E-state index contributed by atoms with van der Waals surface area (Å²) in [7, 11) is 0. The second kappa shape index (κ2) is 9.87. The lowest BCUT2D eigenvalue weighted by molar-refractivity contribution is -0.116. The van der Waals surface area contributed by atoms with Crippen molar-refractivity contribution in [1.29, 1.82) is 0 Å². The Morgan fingerprint density at radius 3 is 2.64 bits per heavy atom. The van der Waals surface area contributed by atoms with Crippen molar-refractivity contribution in [3.8, 4) is 0 Å². The Labute approximate surface area is 165 Å². The smallest absolute Gasteiger partial charge is 0.317 e. The Hall–Kier alpha value is -2.90. The lowest BCUT2D eigenvalue weighted by atomic mass is 9.92. The molecule has 1 aliphatic rings. The second-order valence-corrected chi connectivity index (χ2v) is 7.35. The van der Waals surface area contributed by atoms with Crippen molar-refractivity contribution in [3.05, 3.63) is 43.0 Å². The number of nitrogens with one attached hydrogen (secondary N) is 2. The number of hydrogen-bond donors (Lipinski definition) is 2. The number of urea groups is 1. The molecular formula is C20H28N6O2. The van der Waals surface area contributed by atoms with Crippen LogP contribution in [0.15, 0.2) is 43.0 Å². The summed E-state index contributed by atoms with van der Waals surface area (Å²) >= 11 is 0. The van der Waals surface area contributed by atoms with E-state index >= 15 is 0 Å². The van der Waals surface area contributed by atoms with E-state index in [4.69, 9.17) is 0 Å². The number of benzene rings is 1. The molecule has 1 fully saturated rings. The maximum Gasteiger partial charge on any atom is 0.317 e. The molecule has 150 valence electrons. The number of carbonyl (C=O) groups is 2. The summed E-state index contributed by atoms with van der Waals surface area (Å²) in [5.41, 5.74) is 0.832. The van der Waals surface area contributed by atoms with Gasteiger partial charge in [-0.15, -0.1) is 0 Å². The minimum Gasteiger partial charge on any atom is -0.334 e. The first-order chi connectivity index (χ1) is 13.6. The molecule has 1 aromatic carbocycles. The van der Waals surface area contributed by atoms with Crippen LogP contribution in [0.25, 0.3) is 0 Å². The van der Waals surface area contributed by atoms with Gasteiger partial charge in [-0.25, -0.2) is 9.78 Å². The molecule has 3 rings (SSSR count). The average molecular weight is 384 g/mol. The van der Waals surface area contributed by atoms with E-state index < -0.39 is 0 Å². The lowest BCUT2D eigenvalue weighted by Crippen LogP contribution is -2.48. The van der Waals surface area contributed by atoms with E-state index in [1.54, 1.807) is 11.0 Å². The molecule has 1 aromatic heterocycles. The zero-order chi connectivity index (χ0) is 19.8. The summed E-state index contributed by atoms with van der Waals surface area (Å²) in [4.78, 5) is 30.3. The highest BCUT2D eigenvalue weighted by Gasteiger charge is 2.24. The Bertz CT molecular complexity index is 741. The van der Waals surface area contributed by atoms with E-state index in [1.165, 1.54) is 6.33 Å². The molecule has 28 heavy (non-hydrogen) atoms. The normalized spacial score (nSPS) is 15.8. The number of aromatic nitrogens is 3. The van der Waals surface area contributed by atoms with Crippen molar-refractivity contribution >= 4 is 17.6 Å².